The van der Waals surface area contributed by atoms with Gasteiger partial charge in [0.25, 0.3) is 5.91 Å². The van der Waals surface area contributed by atoms with Crippen molar-refractivity contribution in [1.82, 2.24) is 25.1 Å². The van der Waals surface area contributed by atoms with Crippen LogP contribution in [0.1, 0.15) is 54.6 Å². The minimum atomic E-state index is -0.257. The Labute approximate surface area is 217 Å². The topological polar surface area (TPSA) is 90.0 Å². The molecule has 1 aromatic carbocycles. The molecule has 1 amide bonds. The number of nitrogens with one attached hydrogen (secondary N) is 2. The van der Waals surface area contributed by atoms with E-state index in [1.165, 1.54) is 44.1 Å². The van der Waals surface area contributed by atoms with E-state index in [0.29, 0.717) is 11.4 Å². The summed E-state index contributed by atoms with van der Waals surface area (Å²) in [5, 5.41) is 11.1. The third-order valence-electron chi connectivity index (χ3n) is 7.45. The molecular weight excluding hydrogens is 462 g/mol. The molecule has 2 aliphatic rings. The van der Waals surface area contributed by atoms with Gasteiger partial charge in [-0.15, -0.1) is 0 Å². The monoisotopic (exact) mass is 495 g/mol. The van der Waals surface area contributed by atoms with Gasteiger partial charge >= 0.3 is 0 Å². The number of fused-ring (bicyclic) bond motifs is 1. The number of rotatable bonds is 6. The molecular formula is C29H33N7O. The summed E-state index contributed by atoms with van der Waals surface area (Å²) in [7, 11) is 0. The van der Waals surface area contributed by atoms with Crippen LogP contribution in [-0.2, 0) is 6.54 Å². The first-order valence-electron chi connectivity index (χ1n) is 13.4. The van der Waals surface area contributed by atoms with Gasteiger partial charge in [0.1, 0.15) is 5.82 Å². The zero-order valence-corrected chi connectivity index (χ0v) is 21.1. The summed E-state index contributed by atoms with van der Waals surface area (Å²) in [4.78, 5) is 27.0. The van der Waals surface area contributed by atoms with Gasteiger partial charge in [-0.05, 0) is 80.2 Å². The molecule has 0 atom stereocenters. The Balaban J connectivity index is 1.20. The van der Waals surface area contributed by atoms with Crippen LogP contribution < -0.4 is 10.2 Å². The van der Waals surface area contributed by atoms with E-state index < -0.39 is 0 Å². The lowest BCUT2D eigenvalue weighted by atomic mass is 10.0. The number of hydrogen-bond acceptors (Lipinski definition) is 6. The molecule has 4 aromatic rings. The summed E-state index contributed by atoms with van der Waals surface area (Å²) in [6.45, 7) is 5.31. The maximum Gasteiger partial charge on any atom is 0.276 e. The summed E-state index contributed by atoms with van der Waals surface area (Å²) in [6, 6.07) is 12.1. The molecule has 6 rings (SSSR count). The smallest absolute Gasteiger partial charge is 0.276 e. The summed E-state index contributed by atoms with van der Waals surface area (Å²) in [5.74, 6) is 0.698. The van der Waals surface area contributed by atoms with Crippen molar-refractivity contribution in [2.24, 2.45) is 0 Å². The molecule has 0 aliphatic carbocycles. The van der Waals surface area contributed by atoms with E-state index >= 15 is 0 Å². The van der Waals surface area contributed by atoms with Gasteiger partial charge in [0.05, 0.1) is 17.4 Å². The largest absolute Gasteiger partial charge is 0.357 e. The predicted octanol–water partition coefficient (Wildman–Crippen LogP) is 5.25. The molecule has 0 spiro atoms. The molecule has 2 fully saturated rings. The maximum absolute atomic E-state index is 13.1. The fraction of sp³-hybridized carbons (Fsp3) is 0.379. The first-order valence-corrected chi connectivity index (χ1v) is 13.4. The number of H-pyrrole nitrogens is 1. The molecule has 2 saturated heterocycles. The van der Waals surface area contributed by atoms with E-state index in [2.05, 4.69) is 47.4 Å². The number of aromatic nitrogens is 4. The molecule has 0 unspecified atom stereocenters. The van der Waals surface area contributed by atoms with Gasteiger partial charge in [0.2, 0.25) is 0 Å². The summed E-state index contributed by atoms with van der Waals surface area (Å²) >= 11 is 0. The van der Waals surface area contributed by atoms with Crippen LogP contribution in [-0.4, -0.2) is 57.2 Å². The van der Waals surface area contributed by atoms with Crippen molar-refractivity contribution in [2.75, 3.05) is 36.4 Å². The molecule has 0 radical (unpaired) electrons. The third kappa shape index (κ3) is 5.34. The lowest BCUT2D eigenvalue weighted by molar-refractivity contribution is 0.102. The quantitative estimate of drug-likeness (QED) is 0.380. The standard InChI is InChI=1S/C29H33N7O/c37-29(32-24-8-10-27(31-19-24)36-13-5-6-14-36)28-25-16-22(7-9-26(25)33-34-28)23-15-21(17-30-18-23)20-35-11-3-1-2-4-12-35/h7-10,15-19H,1-6,11-14,20H2,(H,32,37)(H,33,34). The van der Waals surface area contributed by atoms with Crippen molar-refractivity contribution in [3.63, 3.8) is 0 Å². The van der Waals surface area contributed by atoms with Crippen molar-refractivity contribution in [3.05, 3.63) is 66.2 Å². The number of aromatic amines is 1. The van der Waals surface area contributed by atoms with E-state index in [-0.39, 0.29) is 5.91 Å². The van der Waals surface area contributed by atoms with Crippen LogP contribution in [0.25, 0.3) is 22.0 Å². The summed E-state index contributed by atoms with van der Waals surface area (Å²) in [6.07, 6.45) is 13.2. The number of carbonyl (C=O) groups excluding carboxylic acids is 1. The van der Waals surface area contributed by atoms with Gasteiger partial charge in [0, 0.05) is 43.0 Å². The first kappa shape index (κ1) is 23.6. The molecule has 0 bridgehead atoms. The minimum Gasteiger partial charge on any atom is -0.357 e. The molecule has 3 aromatic heterocycles. The van der Waals surface area contributed by atoms with Crippen LogP contribution >= 0.6 is 0 Å². The first-order chi connectivity index (χ1) is 18.2. The van der Waals surface area contributed by atoms with Crippen LogP contribution in [0, 0.1) is 0 Å². The molecule has 190 valence electrons. The highest BCUT2D eigenvalue weighted by atomic mass is 16.1. The zero-order valence-electron chi connectivity index (χ0n) is 21.1. The summed E-state index contributed by atoms with van der Waals surface area (Å²) < 4.78 is 0. The van der Waals surface area contributed by atoms with E-state index in [1.807, 2.05) is 36.7 Å². The van der Waals surface area contributed by atoms with Crippen molar-refractivity contribution < 1.29 is 4.79 Å². The fourth-order valence-electron chi connectivity index (χ4n) is 5.43. The Kier molecular flexibility index (Phi) is 6.82. The highest BCUT2D eigenvalue weighted by Gasteiger charge is 2.17. The van der Waals surface area contributed by atoms with Crippen molar-refractivity contribution in [2.45, 2.75) is 45.1 Å². The molecule has 2 N–H and O–H groups in total. The van der Waals surface area contributed by atoms with Crippen molar-refractivity contribution in [3.8, 4) is 11.1 Å². The predicted molar refractivity (Wildman–Crippen MR) is 147 cm³/mol. The van der Waals surface area contributed by atoms with Gasteiger partial charge in [-0.1, -0.05) is 18.9 Å². The Bertz CT molecular complexity index is 1370. The second-order valence-electron chi connectivity index (χ2n) is 10.2. The Hall–Kier alpha value is -3.78. The molecule has 37 heavy (non-hydrogen) atoms. The summed E-state index contributed by atoms with van der Waals surface area (Å²) in [5.41, 5.74) is 5.13. The lowest BCUT2D eigenvalue weighted by Crippen LogP contribution is -2.24. The van der Waals surface area contributed by atoms with E-state index in [0.717, 1.165) is 60.6 Å². The Morgan fingerprint density at radius 1 is 0.865 bits per heavy atom. The average molecular weight is 496 g/mol. The number of hydrogen-bond donors (Lipinski definition) is 2. The number of amides is 1. The van der Waals surface area contributed by atoms with Crippen LogP contribution in [0.4, 0.5) is 11.5 Å². The number of nitrogens with zero attached hydrogens (tertiary/aromatic N) is 5. The molecule has 2 aliphatic heterocycles. The Morgan fingerprint density at radius 3 is 2.46 bits per heavy atom. The van der Waals surface area contributed by atoms with E-state index in [1.54, 1.807) is 6.20 Å². The normalized spacial score (nSPS) is 16.7. The van der Waals surface area contributed by atoms with Crippen molar-refractivity contribution in [1.29, 1.82) is 0 Å². The van der Waals surface area contributed by atoms with Crippen molar-refractivity contribution >= 4 is 28.3 Å². The highest BCUT2D eigenvalue weighted by Crippen LogP contribution is 2.27. The van der Waals surface area contributed by atoms with Gasteiger partial charge < -0.3 is 10.2 Å². The number of carbonyl (C=O) groups is 1. The SMILES string of the molecule is O=C(Nc1ccc(N2CCCC2)nc1)c1n[nH]c2ccc(-c3cncc(CN4CCCCCC4)c3)cc12. The van der Waals surface area contributed by atoms with E-state index in [4.69, 9.17) is 0 Å². The molecule has 0 saturated carbocycles. The lowest BCUT2D eigenvalue weighted by Gasteiger charge is -2.19. The van der Waals surface area contributed by atoms with Crippen LogP contribution in [0.5, 0.6) is 0 Å². The second-order valence-corrected chi connectivity index (χ2v) is 10.2. The molecule has 8 heteroatoms. The number of likely N-dealkylation sites (tertiary alicyclic amines) is 1. The number of pyridine rings is 2. The van der Waals surface area contributed by atoms with Crippen LogP contribution in [0.15, 0.2) is 55.0 Å². The zero-order chi connectivity index (χ0) is 25.0. The van der Waals surface area contributed by atoms with Gasteiger partial charge in [0.15, 0.2) is 5.69 Å². The van der Waals surface area contributed by atoms with Crippen LogP contribution in [0.3, 0.4) is 0 Å². The minimum absolute atomic E-state index is 0.257. The number of anilines is 2. The average Bonchev–Trinajstić information content (AvgIpc) is 3.55. The number of benzene rings is 1. The maximum atomic E-state index is 13.1. The van der Waals surface area contributed by atoms with E-state index in [9.17, 15) is 4.79 Å². The molecule has 8 nitrogen and oxygen atoms in total. The highest BCUT2D eigenvalue weighted by molar-refractivity contribution is 6.11. The van der Waals surface area contributed by atoms with Gasteiger partial charge in [-0.2, -0.15) is 5.10 Å². The molecule has 5 heterocycles. The third-order valence-corrected chi connectivity index (χ3v) is 7.45. The fourth-order valence-corrected chi connectivity index (χ4v) is 5.43. The second kappa shape index (κ2) is 10.7. The van der Waals surface area contributed by atoms with Crippen LogP contribution in [0.2, 0.25) is 0 Å². The Morgan fingerprint density at radius 2 is 1.68 bits per heavy atom. The van der Waals surface area contributed by atoms with Gasteiger partial charge in [-0.25, -0.2) is 4.98 Å². The van der Waals surface area contributed by atoms with Gasteiger partial charge in [-0.3, -0.25) is 19.8 Å².